The number of carbonyl (C=O) groups is 1. The standard InChI is InChI=1S/C13H18BrNO2/c1-8(2)10-4-3-9(7-11(10)14)12(15)5-6-13(16)17/h3-4,7-8,12H,5-6,15H2,1-2H3,(H,16,17). The lowest BCUT2D eigenvalue weighted by Crippen LogP contribution is -2.12. The van der Waals surface area contributed by atoms with Crippen LogP contribution in [0.3, 0.4) is 0 Å². The summed E-state index contributed by atoms with van der Waals surface area (Å²) in [5.74, 6) is -0.355. The Morgan fingerprint density at radius 1 is 1.47 bits per heavy atom. The Morgan fingerprint density at radius 2 is 2.12 bits per heavy atom. The lowest BCUT2D eigenvalue weighted by molar-refractivity contribution is -0.137. The Balaban J connectivity index is 2.78. The van der Waals surface area contributed by atoms with Crippen LogP contribution in [0.2, 0.25) is 0 Å². The fraction of sp³-hybridized carbons (Fsp3) is 0.462. The molecule has 0 aliphatic heterocycles. The average molecular weight is 300 g/mol. The van der Waals surface area contributed by atoms with E-state index in [1.807, 2.05) is 18.2 Å². The minimum atomic E-state index is -0.807. The molecule has 0 spiro atoms. The van der Waals surface area contributed by atoms with Crippen LogP contribution >= 0.6 is 15.9 Å². The van der Waals surface area contributed by atoms with Gasteiger partial charge in [-0.25, -0.2) is 0 Å². The van der Waals surface area contributed by atoms with E-state index in [1.54, 1.807) is 0 Å². The van der Waals surface area contributed by atoms with E-state index >= 15 is 0 Å². The normalized spacial score (nSPS) is 12.8. The fourth-order valence-electron chi connectivity index (χ4n) is 1.69. The Morgan fingerprint density at radius 3 is 2.59 bits per heavy atom. The molecule has 0 aliphatic rings. The van der Waals surface area contributed by atoms with Crippen molar-refractivity contribution in [2.24, 2.45) is 5.73 Å². The summed E-state index contributed by atoms with van der Waals surface area (Å²) < 4.78 is 1.04. The van der Waals surface area contributed by atoms with Gasteiger partial charge in [-0.1, -0.05) is 41.9 Å². The van der Waals surface area contributed by atoms with Gasteiger partial charge in [-0.15, -0.1) is 0 Å². The molecule has 0 amide bonds. The summed E-state index contributed by atoms with van der Waals surface area (Å²) in [7, 11) is 0. The van der Waals surface area contributed by atoms with Gasteiger partial charge in [0.25, 0.3) is 0 Å². The van der Waals surface area contributed by atoms with Crippen molar-refractivity contribution in [3.05, 3.63) is 33.8 Å². The predicted octanol–water partition coefficient (Wildman–Crippen LogP) is 3.44. The van der Waals surface area contributed by atoms with Crippen LogP contribution in [0.1, 0.15) is 49.8 Å². The molecule has 1 rings (SSSR count). The maximum atomic E-state index is 10.5. The zero-order chi connectivity index (χ0) is 13.0. The molecule has 4 heteroatoms. The number of carboxylic acid groups (broad SMARTS) is 1. The topological polar surface area (TPSA) is 63.3 Å². The summed E-state index contributed by atoms with van der Waals surface area (Å²) in [4.78, 5) is 10.5. The highest BCUT2D eigenvalue weighted by atomic mass is 79.9. The largest absolute Gasteiger partial charge is 0.481 e. The minimum Gasteiger partial charge on any atom is -0.481 e. The van der Waals surface area contributed by atoms with Crippen LogP contribution in [0.4, 0.5) is 0 Å². The number of rotatable bonds is 5. The average Bonchev–Trinajstić information content (AvgIpc) is 2.25. The summed E-state index contributed by atoms with van der Waals surface area (Å²) in [6.07, 6.45) is 0.563. The Labute approximate surface area is 110 Å². The van der Waals surface area contributed by atoms with Gasteiger partial charge in [0.05, 0.1) is 0 Å². The second-order valence-electron chi connectivity index (χ2n) is 4.47. The van der Waals surface area contributed by atoms with E-state index in [4.69, 9.17) is 10.8 Å². The molecule has 1 unspecified atom stereocenters. The predicted molar refractivity (Wildman–Crippen MR) is 72.0 cm³/mol. The zero-order valence-electron chi connectivity index (χ0n) is 10.1. The first kappa shape index (κ1) is 14.2. The fourth-order valence-corrected chi connectivity index (χ4v) is 2.54. The first-order valence-electron chi connectivity index (χ1n) is 5.68. The summed E-state index contributed by atoms with van der Waals surface area (Å²) in [5, 5.41) is 8.62. The highest BCUT2D eigenvalue weighted by Gasteiger charge is 2.11. The van der Waals surface area contributed by atoms with E-state index in [0.717, 1.165) is 10.0 Å². The SMILES string of the molecule is CC(C)c1ccc(C(N)CCC(=O)O)cc1Br. The summed E-state index contributed by atoms with van der Waals surface area (Å²) in [6, 6.07) is 5.79. The third kappa shape index (κ3) is 4.13. The van der Waals surface area contributed by atoms with E-state index in [0.29, 0.717) is 12.3 Å². The third-order valence-electron chi connectivity index (χ3n) is 2.74. The van der Waals surface area contributed by atoms with Crippen LogP contribution in [0.15, 0.2) is 22.7 Å². The van der Waals surface area contributed by atoms with Crippen molar-refractivity contribution in [1.82, 2.24) is 0 Å². The highest BCUT2D eigenvalue weighted by Crippen LogP contribution is 2.28. The molecule has 1 aromatic rings. The number of nitrogens with two attached hydrogens (primary N) is 1. The Kier molecular flexibility index (Phi) is 5.15. The molecule has 94 valence electrons. The van der Waals surface area contributed by atoms with Gasteiger partial charge >= 0.3 is 5.97 Å². The van der Waals surface area contributed by atoms with E-state index in [-0.39, 0.29) is 12.5 Å². The zero-order valence-corrected chi connectivity index (χ0v) is 11.7. The Hall–Kier alpha value is -0.870. The molecule has 17 heavy (non-hydrogen) atoms. The van der Waals surface area contributed by atoms with Crippen LogP contribution < -0.4 is 5.73 Å². The first-order valence-corrected chi connectivity index (χ1v) is 6.47. The second kappa shape index (κ2) is 6.17. The third-order valence-corrected chi connectivity index (χ3v) is 3.43. The van der Waals surface area contributed by atoms with Gasteiger partial charge < -0.3 is 10.8 Å². The van der Waals surface area contributed by atoms with Crippen molar-refractivity contribution in [1.29, 1.82) is 0 Å². The molecule has 3 nitrogen and oxygen atoms in total. The maximum absolute atomic E-state index is 10.5. The quantitative estimate of drug-likeness (QED) is 0.875. The van der Waals surface area contributed by atoms with E-state index < -0.39 is 5.97 Å². The Bertz CT molecular complexity index is 404. The van der Waals surface area contributed by atoms with Crippen molar-refractivity contribution < 1.29 is 9.90 Å². The summed E-state index contributed by atoms with van der Waals surface area (Å²) >= 11 is 3.52. The van der Waals surface area contributed by atoms with E-state index in [1.165, 1.54) is 5.56 Å². The molecular formula is C13H18BrNO2. The van der Waals surface area contributed by atoms with Crippen LogP contribution in [0, 0.1) is 0 Å². The number of halogens is 1. The van der Waals surface area contributed by atoms with Gasteiger partial charge in [-0.05, 0) is 29.5 Å². The summed E-state index contributed by atoms with van der Waals surface area (Å²) in [5.41, 5.74) is 8.16. The van der Waals surface area contributed by atoms with Crippen LogP contribution in [0.5, 0.6) is 0 Å². The van der Waals surface area contributed by atoms with E-state index in [2.05, 4.69) is 29.8 Å². The molecule has 0 bridgehead atoms. The molecule has 0 aliphatic carbocycles. The highest BCUT2D eigenvalue weighted by molar-refractivity contribution is 9.10. The van der Waals surface area contributed by atoms with Crippen molar-refractivity contribution in [3.63, 3.8) is 0 Å². The van der Waals surface area contributed by atoms with Crippen molar-refractivity contribution in [3.8, 4) is 0 Å². The van der Waals surface area contributed by atoms with Crippen LogP contribution in [-0.2, 0) is 4.79 Å². The number of carboxylic acids is 1. The minimum absolute atomic E-state index is 0.102. The van der Waals surface area contributed by atoms with Gasteiger partial charge in [-0.3, -0.25) is 4.79 Å². The van der Waals surface area contributed by atoms with E-state index in [9.17, 15) is 4.79 Å². The molecule has 0 saturated heterocycles. The number of hydrogen-bond donors (Lipinski definition) is 2. The molecule has 0 aromatic heterocycles. The molecule has 0 radical (unpaired) electrons. The number of benzene rings is 1. The van der Waals surface area contributed by atoms with Crippen molar-refractivity contribution >= 4 is 21.9 Å². The molecule has 1 atom stereocenters. The molecular weight excluding hydrogens is 282 g/mol. The molecule has 0 saturated carbocycles. The van der Waals surface area contributed by atoms with Gasteiger partial charge in [-0.2, -0.15) is 0 Å². The molecule has 1 aromatic carbocycles. The second-order valence-corrected chi connectivity index (χ2v) is 5.33. The number of hydrogen-bond acceptors (Lipinski definition) is 2. The van der Waals surface area contributed by atoms with Crippen molar-refractivity contribution in [2.45, 2.75) is 38.6 Å². The lowest BCUT2D eigenvalue weighted by Gasteiger charge is -2.14. The first-order chi connectivity index (χ1) is 7.91. The smallest absolute Gasteiger partial charge is 0.303 e. The van der Waals surface area contributed by atoms with Gasteiger partial charge in [0.15, 0.2) is 0 Å². The van der Waals surface area contributed by atoms with Gasteiger partial charge in [0, 0.05) is 16.9 Å². The molecule has 0 heterocycles. The monoisotopic (exact) mass is 299 g/mol. The van der Waals surface area contributed by atoms with Crippen LogP contribution in [0.25, 0.3) is 0 Å². The lowest BCUT2D eigenvalue weighted by atomic mass is 9.97. The van der Waals surface area contributed by atoms with Crippen molar-refractivity contribution in [2.75, 3.05) is 0 Å². The summed E-state index contributed by atoms with van der Waals surface area (Å²) in [6.45, 7) is 4.26. The van der Waals surface area contributed by atoms with Crippen LogP contribution in [-0.4, -0.2) is 11.1 Å². The molecule has 3 N–H and O–H groups in total. The molecule has 0 fully saturated rings. The maximum Gasteiger partial charge on any atom is 0.303 e. The van der Waals surface area contributed by atoms with Gasteiger partial charge in [0.1, 0.15) is 0 Å². The number of aliphatic carboxylic acids is 1. The van der Waals surface area contributed by atoms with Gasteiger partial charge in [0.2, 0.25) is 0 Å².